The average molecular weight is 362 g/mol. The van der Waals surface area contributed by atoms with Crippen molar-refractivity contribution in [3.05, 3.63) is 59.2 Å². The molecule has 1 heterocycles. The maximum atomic E-state index is 13.7. The Morgan fingerprint density at radius 2 is 1.88 bits per heavy atom. The molecule has 2 N–H and O–H groups in total. The zero-order valence-electron chi connectivity index (χ0n) is 13.8. The Balaban J connectivity index is 1.54. The van der Waals surface area contributed by atoms with Crippen LogP contribution in [0.2, 0.25) is 0 Å². The van der Waals surface area contributed by atoms with Crippen molar-refractivity contribution in [2.24, 2.45) is 0 Å². The lowest BCUT2D eigenvalue weighted by molar-refractivity contribution is -0.120. The molecule has 1 aliphatic rings. The van der Waals surface area contributed by atoms with Gasteiger partial charge < -0.3 is 20.1 Å². The van der Waals surface area contributed by atoms with E-state index in [0.717, 1.165) is 12.1 Å². The molecule has 1 aliphatic heterocycles. The van der Waals surface area contributed by atoms with Gasteiger partial charge >= 0.3 is 0 Å². The summed E-state index contributed by atoms with van der Waals surface area (Å²) in [6.45, 7) is 1.37. The standard InChI is InChI=1S/C18H16F2N2O4/c1-10(13-4-3-12(19)7-14(13)20)22-17(23)8-21-18(24)11-2-5-15-16(6-11)26-9-25-15/h2-7,10H,8-9H2,1H3,(H,21,24)(H,22,23)/t10-/m0/s1. The van der Waals surface area contributed by atoms with E-state index in [0.29, 0.717) is 17.1 Å². The quantitative estimate of drug-likeness (QED) is 0.856. The minimum Gasteiger partial charge on any atom is -0.454 e. The molecule has 0 bridgehead atoms. The van der Waals surface area contributed by atoms with E-state index in [9.17, 15) is 18.4 Å². The molecule has 2 amide bonds. The lowest BCUT2D eigenvalue weighted by atomic mass is 10.1. The van der Waals surface area contributed by atoms with Crippen molar-refractivity contribution in [3.8, 4) is 11.5 Å². The molecule has 0 aromatic heterocycles. The maximum Gasteiger partial charge on any atom is 0.251 e. The molecule has 0 aliphatic carbocycles. The second-order valence-corrected chi connectivity index (χ2v) is 5.71. The van der Waals surface area contributed by atoms with Gasteiger partial charge in [0.1, 0.15) is 11.6 Å². The number of carbonyl (C=O) groups excluding carboxylic acids is 2. The molecule has 0 radical (unpaired) electrons. The molecule has 26 heavy (non-hydrogen) atoms. The smallest absolute Gasteiger partial charge is 0.251 e. The lowest BCUT2D eigenvalue weighted by Crippen LogP contribution is -2.38. The van der Waals surface area contributed by atoms with Gasteiger partial charge in [-0.1, -0.05) is 6.07 Å². The van der Waals surface area contributed by atoms with Gasteiger partial charge in [-0.15, -0.1) is 0 Å². The van der Waals surface area contributed by atoms with Gasteiger partial charge in [-0.3, -0.25) is 9.59 Å². The topological polar surface area (TPSA) is 76.7 Å². The first kappa shape index (κ1) is 17.7. The van der Waals surface area contributed by atoms with Crippen LogP contribution in [-0.4, -0.2) is 25.2 Å². The monoisotopic (exact) mass is 362 g/mol. The number of amides is 2. The van der Waals surface area contributed by atoms with Crippen LogP contribution < -0.4 is 20.1 Å². The first-order chi connectivity index (χ1) is 12.4. The fourth-order valence-corrected chi connectivity index (χ4v) is 2.52. The van der Waals surface area contributed by atoms with E-state index < -0.39 is 29.5 Å². The molecule has 2 aromatic rings. The number of rotatable bonds is 5. The summed E-state index contributed by atoms with van der Waals surface area (Å²) in [4.78, 5) is 24.1. The molecular weight excluding hydrogens is 346 g/mol. The summed E-state index contributed by atoms with van der Waals surface area (Å²) in [5.74, 6) is -1.39. The van der Waals surface area contributed by atoms with Gasteiger partial charge in [0, 0.05) is 17.2 Å². The Hall–Kier alpha value is -3.16. The first-order valence-electron chi connectivity index (χ1n) is 7.86. The number of carbonyl (C=O) groups is 2. The van der Waals surface area contributed by atoms with E-state index in [1.807, 2.05) is 0 Å². The normalized spacial score (nSPS) is 13.2. The van der Waals surface area contributed by atoms with Gasteiger partial charge in [0.2, 0.25) is 12.7 Å². The van der Waals surface area contributed by atoms with Crippen LogP contribution in [0.3, 0.4) is 0 Å². The van der Waals surface area contributed by atoms with E-state index in [4.69, 9.17) is 9.47 Å². The highest BCUT2D eigenvalue weighted by Gasteiger charge is 2.18. The number of hydrogen-bond acceptors (Lipinski definition) is 4. The van der Waals surface area contributed by atoms with Gasteiger partial charge in [0.15, 0.2) is 11.5 Å². The van der Waals surface area contributed by atoms with Crippen LogP contribution >= 0.6 is 0 Å². The second-order valence-electron chi connectivity index (χ2n) is 5.71. The van der Waals surface area contributed by atoms with Crippen LogP contribution in [0.1, 0.15) is 28.9 Å². The highest BCUT2D eigenvalue weighted by Crippen LogP contribution is 2.32. The molecule has 2 aromatic carbocycles. The number of nitrogens with one attached hydrogen (secondary N) is 2. The summed E-state index contributed by atoms with van der Waals surface area (Å²) in [6, 6.07) is 7.13. The van der Waals surface area contributed by atoms with Crippen molar-refractivity contribution in [1.29, 1.82) is 0 Å². The molecule has 6 nitrogen and oxygen atoms in total. The molecular formula is C18H16F2N2O4. The zero-order valence-corrected chi connectivity index (χ0v) is 13.8. The van der Waals surface area contributed by atoms with E-state index in [1.54, 1.807) is 19.1 Å². The Morgan fingerprint density at radius 1 is 1.12 bits per heavy atom. The van der Waals surface area contributed by atoms with Crippen molar-refractivity contribution in [2.75, 3.05) is 13.3 Å². The summed E-state index contributed by atoms with van der Waals surface area (Å²) in [5, 5.41) is 5.01. The third-order valence-corrected chi connectivity index (χ3v) is 3.85. The Bertz CT molecular complexity index is 857. The largest absolute Gasteiger partial charge is 0.454 e. The van der Waals surface area contributed by atoms with Crippen LogP contribution in [-0.2, 0) is 4.79 Å². The van der Waals surface area contributed by atoms with E-state index in [2.05, 4.69) is 10.6 Å². The van der Waals surface area contributed by atoms with E-state index in [-0.39, 0.29) is 18.9 Å². The van der Waals surface area contributed by atoms with Crippen LogP contribution in [0, 0.1) is 11.6 Å². The van der Waals surface area contributed by atoms with Crippen molar-refractivity contribution >= 4 is 11.8 Å². The molecule has 136 valence electrons. The summed E-state index contributed by atoms with van der Waals surface area (Å²) in [7, 11) is 0. The minimum absolute atomic E-state index is 0.0979. The molecule has 0 fully saturated rings. The van der Waals surface area contributed by atoms with Crippen molar-refractivity contribution in [2.45, 2.75) is 13.0 Å². The molecule has 1 atom stereocenters. The predicted molar refractivity (Wildman–Crippen MR) is 87.8 cm³/mol. The van der Waals surface area contributed by atoms with E-state index in [1.165, 1.54) is 12.1 Å². The molecule has 8 heteroatoms. The SMILES string of the molecule is C[C@H](NC(=O)CNC(=O)c1ccc2c(c1)OCO2)c1ccc(F)cc1F. The van der Waals surface area contributed by atoms with Crippen molar-refractivity contribution in [1.82, 2.24) is 10.6 Å². The van der Waals surface area contributed by atoms with Crippen molar-refractivity contribution < 1.29 is 27.8 Å². The number of ether oxygens (including phenoxy) is 2. The molecule has 3 rings (SSSR count). The van der Waals surface area contributed by atoms with Crippen LogP contribution in [0.15, 0.2) is 36.4 Å². The predicted octanol–water partition coefficient (Wildman–Crippen LogP) is 2.30. The average Bonchev–Trinajstić information content (AvgIpc) is 3.07. The van der Waals surface area contributed by atoms with Crippen molar-refractivity contribution in [3.63, 3.8) is 0 Å². The van der Waals surface area contributed by atoms with Gasteiger partial charge in [-0.25, -0.2) is 8.78 Å². The first-order valence-corrected chi connectivity index (χ1v) is 7.86. The Labute approximate surface area is 148 Å². The lowest BCUT2D eigenvalue weighted by Gasteiger charge is -2.15. The summed E-state index contributed by atoms with van der Waals surface area (Å²) in [6.07, 6.45) is 0. The summed E-state index contributed by atoms with van der Waals surface area (Å²) in [5.41, 5.74) is 0.474. The zero-order chi connectivity index (χ0) is 18.7. The van der Waals surface area contributed by atoms with Gasteiger partial charge in [-0.05, 0) is 31.2 Å². The van der Waals surface area contributed by atoms with E-state index >= 15 is 0 Å². The number of halogens is 2. The maximum absolute atomic E-state index is 13.7. The van der Waals surface area contributed by atoms with Crippen LogP contribution in [0.4, 0.5) is 8.78 Å². The highest BCUT2D eigenvalue weighted by molar-refractivity contribution is 5.97. The highest BCUT2D eigenvalue weighted by atomic mass is 19.1. The van der Waals surface area contributed by atoms with Crippen LogP contribution in [0.25, 0.3) is 0 Å². The molecule has 0 spiro atoms. The molecule has 0 saturated carbocycles. The third-order valence-electron chi connectivity index (χ3n) is 3.85. The fourth-order valence-electron chi connectivity index (χ4n) is 2.52. The molecule has 0 unspecified atom stereocenters. The second kappa shape index (κ2) is 7.38. The molecule has 0 saturated heterocycles. The number of hydrogen-bond donors (Lipinski definition) is 2. The summed E-state index contributed by atoms with van der Waals surface area (Å²) < 4.78 is 37.0. The Kier molecular flexibility index (Phi) is 5.01. The third kappa shape index (κ3) is 3.90. The van der Waals surface area contributed by atoms with Crippen LogP contribution in [0.5, 0.6) is 11.5 Å². The summed E-state index contributed by atoms with van der Waals surface area (Å²) >= 11 is 0. The van der Waals surface area contributed by atoms with Gasteiger partial charge in [-0.2, -0.15) is 0 Å². The van der Waals surface area contributed by atoms with Gasteiger partial charge in [0.25, 0.3) is 5.91 Å². The Morgan fingerprint density at radius 3 is 2.65 bits per heavy atom. The fraction of sp³-hybridized carbons (Fsp3) is 0.222. The number of benzene rings is 2. The van der Waals surface area contributed by atoms with Gasteiger partial charge in [0.05, 0.1) is 12.6 Å². The minimum atomic E-state index is -0.748. The number of fused-ring (bicyclic) bond motifs is 1.